The Morgan fingerprint density at radius 1 is 1.28 bits per heavy atom. The van der Waals surface area contributed by atoms with E-state index in [0.717, 1.165) is 12.8 Å². The largest absolute Gasteiger partial charge is 0.335 e. The molecule has 0 spiro atoms. The van der Waals surface area contributed by atoms with Gasteiger partial charge in [-0.3, -0.25) is 4.79 Å². The number of carbonyl (C=O) groups excluding carboxylic acids is 1. The Balaban J connectivity index is 2.41. The van der Waals surface area contributed by atoms with E-state index < -0.39 is 25.4 Å². The normalized spacial score (nSPS) is 19.3. The third-order valence-electron chi connectivity index (χ3n) is 4.85. The molecule has 1 unspecified atom stereocenters. The molecule has 1 atom stereocenters. The van der Waals surface area contributed by atoms with E-state index in [0.29, 0.717) is 24.1 Å². The zero-order valence-electron chi connectivity index (χ0n) is 17.9. The molecule has 164 valence electrons. The topological polar surface area (TPSA) is 101 Å². The van der Waals surface area contributed by atoms with E-state index in [9.17, 15) is 21.6 Å². The Kier molecular flexibility index (Phi) is 7.17. The Labute approximate surface area is 174 Å². The molecule has 1 aromatic carbocycles. The highest BCUT2D eigenvalue weighted by atomic mass is 32.2. The van der Waals surface area contributed by atoms with Crippen LogP contribution in [0.25, 0.3) is 0 Å². The van der Waals surface area contributed by atoms with Crippen LogP contribution in [0.4, 0.5) is 0 Å². The van der Waals surface area contributed by atoms with Gasteiger partial charge in [-0.05, 0) is 58.2 Å². The maximum Gasteiger partial charge on any atom is 0.254 e. The number of benzene rings is 1. The summed E-state index contributed by atoms with van der Waals surface area (Å²) in [6.45, 7) is 9.45. The van der Waals surface area contributed by atoms with Gasteiger partial charge in [-0.1, -0.05) is 19.4 Å². The minimum absolute atomic E-state index is 0.0239. The van der Waals surface area contributed by atoms with Crippen LogP contribution in [0.15, 0.2) is 23.1 Å². The molecule has 1 N–H and O–H groups in total. The number of sulfone groups is 1. The number of hydrogen-bond acceptors (Lipinski definition) is 5. The molecular weight excluding hydrogens is 412 g/mol. The fourth-order valence-corrected chi connectivity index (χ4v) is 6.59. The highest BCUT2D eigenvalue weighted by molar-refractivity contribution is 7.91. The van der Waals surface area contributed by atoms with Crippen molar-refractivity contribution in [1.82, 2.24) is 9.62 Å². The van der Waals surface area contributed by atoms with Gasteiger partial charge in [0.15, 0.2) is 9.84 Å². The van der Waals surface area contributed by atoms with E-state index in [1.54, 1.807) is 38.7 Å². The summed E-state index contributed by atoms with van der Waals surface area (Å²) in [5.41, 5.74) is 0.299. The lowest BCUT2D eigenvalue weighted by Crippen LogP contribution is -2.42. The lowest BCUT2D eigenvalue weighted by molar-refractivity contribution is 0.0693. The molecule has 1 aliphatic heterocycles. The molecule has 1 fully saturated rings. The highest BCUT2D eigenvalue weighted by Gasteiger charge is 2.35. The van der Waals surface area contributed by atoms with Crippen LogP contribution < -0.4 is 4.72 Å². The van der Waals surface area contributed by atoms with Crippen molar-refractivity contribution < 1.29 is 21.6 Å². The summed E-state index contributed by atoms with van der Waals surface area (Å²) in [5.74, 6) is -0.271. The SMILES string of the molecule is CCCCN(C(=O)c1cc(S(=O)(=O)NC(C)(C)C)ccc1C)C1CCS(=O)(=O)C1. The fourth-order valence-electron chi connectivity index (χ4n) is 3.42. The molecule has 1 amide bonds. The van der Waals surface area contributed by atoms with E-state index in [4.69, 9.17) is 0 Å². The van der Waals surface area contributed by atoms with Crippen molar-refractivity contribution in [2.45, 2.75) is 70.4 Å². The number of carbonyl (C=O) groups is 1. The summed E-state index contributed by atoms with van der Waals surface area (Å²) >= 11 is 0. The average Bonchev–Trinajstić information content (AvgIpc) is 2.92. The Hall–Kier alpha value is -1.45. The minimum Gasteiger partial charge on any atom is -0.335 e. The van der Waals surface area contributed by atoms with E-state index in [1.807, 2.05) is 6.92 Å². The zero-order chi connectivity index (χ0) is 22.0. The maximum atomic E-state index is 13.3. The summed E-state index contributed by atoms with van der Waals surface area (Å²) < 4.78 is 51.9. The van der Waals surface area contributed by atoms with Crippen LogP contribution in [0, 0.1) is 6.92 Å². The number of nitrogens with one attached hydrogen (secondary N) is 1. The highest BCUT2D eigenvalue weighted by Crippen LogP contribution is 2.24. The van der Waals surface area contributed by atoms with Crippen LogP contribution in [0.3, 0.4) is 0 Å². The third-order valence-corrected chi connectivity index (χ3v) is 8.36. The van der Waals surface area contributed by atoms with Crippen LogP contribution in [0.2, 0.25) is 0 Å². The van der Waals surface area contributed by atoms with E-state index >= 15 is 0 Å². The van der Waals surface area contributed by atoms with Crippen molar-refractivity contribution >= 4 is 25.8 Å². The lowest BCUT2D eigenvalue weighted by atomic mass is 10.1. The van der Waals surface area contributed by atoms with Crippen LogP contribution in [0.1, 0.15) is 62.9 Å². The number of aryl methyl sites for hydroxylation is 1. The standard InChI is InChI=1S/C20H32N2O5S2/c1-6-7-11-22(16-10-12-28(24,25)14-16)19(23)18-13-17(9-8-15(18)2)29(26,27)21-20(3,4)5/h8-9,13,16,21H,6-7,10-12,14H2,1-5H3. The second-order valence-electron chi connectivity index (χ2n) is 8.74. The van der Waals surface area contributed by atoms with Gasteiger partial charge in [-0.2, -0.15) is 0 Å². The van der Waals surface area contributed by atoms with Gasteiger partial charge in [0.25, 0.3) is 5.91 Å². The van der Waals surface area contributed by atoms with Crippen molar-refractivity contribution in [2.24, 2.45) is 0 Å². The second kappa shape index (κ2) is 8.73. The molecule has 0 radical (unpaired) electrons. The molecule has 29 heavy (non-hydrogen) atoms. The third kappa shape index (κ3) is 6.26. The monoisotopic (exact) mass is 444 g/mol. The van der Waals surface area contributed by atoms with Crippen molar-refractivity contribution in [3.8, 4) is 0 Å². The molecule has 1 aliphatic rings. The van der Waals surface area contributed by atoms with E-state index in [-0.39, 0.29) is 28.4 Å². The van der Waals surface area contributed by atoms with Gasteiger partial charge in [0.1, 0.15) is 0 Å². The number of hydrogen-bond donors (Lipinski definition) is 1. The molecule has 0 aromatic heterocycles. The molecular formula is C20H32N2O5S2. The summed E-state index contributed by atoms with van der Waals surface area (Å²) in [6, 6.07) is 4.13. The predicted octanol–water partition coefficient (Wildman–Crippen LogP) is 2.50. The first kappa shape index (κ1) is 23.8. The molecule has 9 heteroatoms. The first-order valence-electron chi connectivity index (χ1n) is 9.92. The predicted molar refractivity (Wildman–Crippen MR) is 114 cm³/mol. The van der Waals surface area contributed by atoms with Crippen molar-refractivity contribution in [1.29, 1.82) is 0 Å². The number of nitrogens with zero attached hydrogens (tertiary/aromatic N) is 1. The van der Waals surface area contributed by atoms with Gasteiger partial charge in [0.05, 0.1) is 16.4 Å². The second-order valence-corrected chi connectivity index (χ2v) is 12.7. The van der Waals surface area contributed by atoms with Crippen molar-refractivity contribution in [3.63, 3.8) is 0 Å². The smallest absolute Gasteiger partial charge is 0.254 e. The Bertz CT molecular complexity index is 963. The van der Waals surface area contributed by atoms with Gasteiger partial charge in [-0.15, -0.1) is 0 Å². The number of amides is 1. The molecule has 0 saturated carbocycles. The average molecular weight is 445 g/mol. The molecule has 7 nitrogen and oxygen atoms in total. The summed E-state index contributed by atoms with van der Waals surface area (Å²) in [6.07, 6.45) is 2.04. The number of sulfonamides is 1. The van der Waals surface area contributed by atoms with E-state index in [2.05, 4.69) is 4.72 Å². The van der Waals surface area contributed by atoms with Gasteiger partial charge >= 0.3 is 0 Å². The summed E-state index contributed by atoms with van der Waals surface area (Å²) in [5, 5.41) is 0. The fraction of sp³-hybridized carbons (Fsp3) is 0.650. The molecule has 0 aliphatic carbocycles. The van der Waals surface area contributed by atoms with Gasteiger partial charge < -0.3 is 4.90 Å². The van der Waals surface area contributed by atoms with Gasteiger partial charge in [-0.25, -0.2) is 21.6 Å². The van der Waals surface area contributed by atoms with Gasteiger partial charge in [0.2, 0.25) is 10.0 Å². The molecule has 1 saturated heterocycles. The number of rotatable bonds is 7. The van der Waals surface area contributed by atoms with Crippen LogP contribution in [-0.2, 0) is 19.9 Å². The molecule has 1 aromatic rings. The maximum absolute atomic E-state index is 13.3. The van der Waals surface area contributed by atoms with Crippen LogP contribution in [-0.4, -0.2) is 57.3 Å². The first-order chi connectivity index (χ1) is 13.3. The summed E-state index contributed by atoms with van der Waals surface area (Å²) in [4.78, 5) is 15.0. The molecule has 2 rings (SSSR count). The van der Waals surface area contributed by atoms with Gasteiger partial charge in [0, 0.05) is 23.7 Å². The number of unbranched alkanes of at least 4 members (excludes halogenated alkanes) is 1. The van der Waals surface area contributed by atoms with Crippen LogP contribution >= 0.6 is 0 Å². The zero-order valence-corrected chi connectivity index (χ0v) is 19.5. The Morgan fingerprint density at radius 2 is 1.93 bits per heavy atom. The quantitative estimate of drug-likeness (QED) is 0.696. The van der Waals surface area contributed by atoms with Crippen molar-refractivity contribution in [3.05, 3.63) is 29.3 Å². The van der Waals surface area contributed by atoms with Crippen LogP contribution in [0.5, 0.6) is 0 Å². The first-order valence-corrected chi connectivity index (χ1v) is 13.2. The molecule has 1 heterocycles. The molecule has 0 bridgehead atoms. The van der Waals surface area contributed by atoms with E-state index in [1.165, 1.54) is 12.1 Å². The minimum atomic E-state index is -3.79. The lowest BCUT2D eigenvalue weighted by Gasteiger charge is -2.29. The Morgan fingerprint density at radius 3 is 2.45 bits per heavy atom. The summed E-state index contributed by atoms with van der Waals surface area (Å²) in [7, 11) is -6.93. The van der Waals surface area contributed by atoms with Crippen molar-refractivity contribution in [2.75, 3.05) is 18.1 Å².